The molecule has 1 aromatic carbocycles. The summed E-state index contributed by atoms with van der Waals surface area (Å²) in [5, 5.41) is 2.95. The van der Waals surface area contributed by atoms with E-state index in [0.29, 0.717) is 13.0 Å². The van der Waals surface area contributed by atoms with Crippen LogP contribution >= 0.6 is 0 Å². The number of hydrogen-bond acceptors (Lipinski definition) is 5. The summed E-state index contributed by atoms with van der Waals surface area (Å²) in [4.78, 5) is 13.0. The molecule has 25 heavy (non-hydrogen) atoms. The maximum atomic E-state index is 12.7. The van der Waals surface area contributed by atoms with Gasteiger partial charge in [-0.05, 0) is 31.5 Å². The largest absolute Gasteiger partial charge is 0.378 e. The van der Waals surface area contributed by atoms with Crippen LogP contribution in [0.25, 0.3) is 0 Å². The van der Waals surface area contributed by atoms with Gasteiger partial charge in [-0.3, -0.25) is 4.79 Å². The lowest BCUT2D eigenvalue weighted by molar-refractivity contribution is -0.171. The highest BCUT2D eigenvalue weighted by atomic mass is 32.2. The number of nitrogens with one attached hydrogen (secondary N) is 1. The van der Waals surface area contributed by atoms with Crippen LogP contribution in [0.1, 0.15) is 45.7 Å². The maximum Gasteiger partial charge on any atom is 0.241 e. The molecule has 1 aromatic rings. The number of ether oxygens (including phenoxy) is 1. The molecule has 1 saturated carbocycles. The monoisotopic (exact) mass is 368 g/mol. The predicted octanol–water partition coefficient (Wildman–Crippen LogP) is 1.80. The first kappa shape index (κ1) is 19.9. The minimum absolute atomic E-state index is 0.0300. The van der Waals surface area contributed by atoms with E-state index in [1.54, 1.807) is 24.3 Å². The van der Waals surface area contributed by atoms with Crippen molar-refractivity contribution in [3.63, 3.8) is 0 Å². The highest BCUT2D eigenvalue weighted by Crippen LogP contribution is 2.50. The molecule has 0 heterocycles. The standard InChI is InChI=1S/C18H28N2O4S/c1-6-24-15-11-18(19,17(15,3)4)16(21)20-12(2)13-7-9-14(10-8-13)25(5,22)23/h7-10,12,15H,6,11,19H2,1-5H3,(H,20,21). The predicted molar refractivity (Wildman–Crippen MR) is 96.8 cm³/mol. The van der Waals surface area contributed by atoms with E-state index in [4.69, 9.17) is 10.5 Å². The van der Waals surface area contributed by atoms with E-state index in [1.807, 2.05) is 27.7 Å². The van der Waals surface area contributed by atoms with Gasteiger partial charge in [-0.15, -0.1) is 0 Å². The number of benzene rings is 1. The molecule has 1 fully saturated rings. The lowest BCUT2D eigenvalue weighted by Gasteiger charge is -2.57. The van der Waals surface area contributed by atoms with Crippen molar-refractivity contribution in [2.45, 2.75) is 56.7 Å². The van der Waals surface area contributed by atoms with Crippen LogP contribution in [0.15, 0.2) is 29.2 Å². The first-order chi connectivity index (χ1) is 11.4. The van der Waals surface area contributed by atoms with E-state index in [9.17, 15) is 13.2 Å². The molecule has 140 valence electrons. The Morgan fingerprint density at radius 3 is 2.36 bits per heavy atom. The van der Waals surface area contributed by atoms with Crippen molar-refractivity contribution in [3.05, 3.63) is 29.8 Å². The van der Waals surface area contributed by atoms with Gasteiger partial charge in [0.15, 0.2) is 9.84 Å². The van der Waals surface area contributed by atoms with Gasteiger partial charge in [0, 0.05) is 24.7 Å². The van der Waals surface area contributed by atoms with E-state index < -0.39 is 20.8 Å². The first-order valence-electron chi connectivity index (χ1n) is 8.45. The zero-order valence-corrected chi connectivity index (χ0v) is 16.3. The molecule has 6 nitrogen and oxygen atoms in total. The van der Waals surface area contributed by atoms with E-state index >= 15 is 0 Å². The van der Waals surface area contributed by atoms with Gasteiger partial charge in [0.1, 0.15) is 5.54 Å². The Labute approximate surface area is 150 Å². The molecule has 3 N–H and O–H groups in total. The number of rotatable bonds is 6. The highest BCUT2D eigenvalue weighted by Gasteiger charge is 2.62. The quantitative estimate of drug-likeness (QED) is 0.798. The summed E-state index contributed by atoms with van der Waals surface area (Å²) in [7, 11) is -3.23. The van der Waals surface area contributed by atoms with Gasteiger partial charge < -0.3 is 15.8 Å². The average molecular weight is 368 g/mol. The fraction of sp³-hybridized carbons (Fsp3) is 0.611. The first-order valence-corrected chi connectivity index (χ1v) is 10.3. The van der Waals surface area contributed by atoms with Gasteiger partial charge in [0.2, 0.25) is 5.91 Å². The van der Waals surface area contributed by atoms with E-state index in [1.165, 1.54) is 6.26 Å². The molecule has 0 saturated heterocycles. The van der Waals surface area contributed by atoms with Gasteiger partial charge in [0.05, 0.1) is 17.0 Å². The second kappa shape index (κ2) is 6.70. The van der Waals surface area contributed by atoms with Gasteiger partial charge in [-0.25, -0.2) is 8.42 Å². The average Bonchev–Trinajstić information content (AvgIpc) is 2.53. The second-order valence-electron chi connectivity index (χ2n) is 7.38. The van der Waals surface area contributed by atoms with Crippen molar-refractivity contribution in [2.75, 3.05) is 12.9 Å². The van der Waals surface area contributed by atoms with Crippen LogP contribution in [0.3, 0.4) is 0 Å². The van der Waals surface area contributed by atoms with Gasteiger partial charge in [-0.1, -0.05) is 26.0 Å². The van der Waals surface area contributed by atoms with E-state index in [2.05, 4.69) is 5.32 Å². The number of amides is 1. The van der Waals surface area contributed by atoms with Crippen LogP contribution in [0.2, 0.25) is 0 Å². The zero-order chi connectivity index (χ0) is 19.0. The molecule has 1 aliphatic rings. The van der Waals surface area contributed by atoms with Gasteiger partial charge in [-0.2, -0.15) is 0 Å². The molecule has 0 radical (unpaired) electrons. The summed E-state index contributed by atoms with van der Waals surface area (Å²) in [6.45, 7) is 8.26. The van der Waals surface area contributed by atoms with Crippen LogP contribution in [-0.4, -0.2) is 38.8 Å². The molecule has 1 aliphatic carbocycles. The third-order valence-electron chi connectivity index (χ3n) is 5.39. The number of carbonyl (C=O) groups is 1. The third-order valence-corrected chi connectivity index (χ3v) is 6.52. The third kappa shape index (κ3) is 3.59. The number of hydrogen-bond donors (Lipinski definition) is 2. The molecule has 7 heteroatoms. The Hall–Kier alpha value is -1.44. The van der Waals surface area contributed by atoms with Crippen LogP contribution < -0.4 is 11.1 Å². The fourth-order valence-electron chi connectivity index (χ4n) is 3.23. The molecule has 0 spiro atoms. The molecular weight excluding hydrogens is 340 g/mol. The Kier molecular flexibility index (Phi) is 5.33. The summed E-state index contributed by atoms with van der Waals surface area (Å²) >= 11 is 0. The zero-order valence-electron chi connectivity index (χ0n) is 15.5. The fourth-order valence-corrected chi connectivity index (χ4v) is 3.86. The van der Waals surface area contributed by atoms with Crippen molar-refractivity contribution in [2.24, 2.45) is 11.1 Å². The molecule has 2 rings (SSSR count). The van der Waals surface area contributed by atoms with Crippen LogP contribution in [0.5, 0.6) is 0 Å². The summed E-state index contributed by atoms with van der Waals surface area (Å²) in [5.41, 5.74) is 5.77. The molecule has 0 aliphatic heterocycles. The minimum atomic E-state index is -3.23. The van der Waals surface area contributed by atoms with Crippen molar-refractivity contribution < 1.29 is 17.9 Å². The number of carbonyl (C=O) groups excluding carboxylic acids is 1. The Morgan fingerprint density at radius 2 is 1.92 bits per heavy atom. The highest BCUT2D eigenvalue weighted by molar-refractivity contribution is 7.90. The van der Waals surface area contributed by atoms with Crippen molar-refractivity contribution in [3.8, 4) is 0 Å². The van der Waals surface area contributed by atoms with Crippen molar-refractivity contribution in [1.29, 1.82) is 0 Å². The Balaban J connectivity index is 2.08. The molecule has 1 amide bonds. The molecule has 3 unspecified atom stereocenters. The summed E-state index contributed by atoms with van der Waals surface area (Å²) in [6.07, 6.45) is 1.62. The van der Waals surface area contributed by atoms with Gasteiger partial charge >= 0.3 is 0 Å². The lowest BCUT2D eigenvalue weighted by Crippen LogP contribution is -2.75. The van der Waals surface area contributed by atoms with Crippen LogP contribution in [0.4, 0.5) is 0 Å². The molecular formula is C18H28N2O4S. The van der Waals surface area contributed by atoms with E-state index in [0.717, 1.165) is 5.56 Å². The summed E-state index contributed by atoms with van der Waals surface area (Å²) in [5.74, 6) is -0.215. The molecule has 3 atom stereocenters. The number of nitrogens with two attached hydrogens (primary N) is 1. The Morgan fingerprint density at radius 1 is 1.36 bits per heavy atom. The van der Waals surface area contributed by atoms with Gasteiger partial charge in [0.25, 0.3) is 0 Å². The Bertz CT molecular complexity index is 743. The lowest BCUT2D eigenvalue weighted by atomic mass is 9.54. The second-order valence-corrected chi connectivity index (χ2v) is 9.39. The summed E-state index contributed by atoms with van der Waals surface area (Å²) in [6, 6.07) is 6.23. The van der Waals surface area contributed by atoms with Crippen LogP contribution in [-0.2, 0) is 19.4 Å². The topological polar surface area (TPSA) is 98.5 Å². The molecule has 0 aromatic heterocycles. The van der Waals surface area contributed by atoms with Crippen LogP contribution in [0, 0.1) is 5.41 Å². The smallest absolute Gasteiger partial charge is 0.241 e. The van der Waals surface area contributed by atoms with E-state index in [-0.39, 0.29) is 22.9 Å². The van der Waals surface area contributed by atoms with Crippen molar-refractivity contribution >= 4 is 15.7 Å². The SMILES string of the molecule is CCOC1CC(N)(C(=O)NC(C)c2ccc(S(C)(=O)=O)cc2)C1(C)C. The normalized spacial score (nSPS) is 26.6. The number of sulfone groups is 1. The minimum Gasteiger partial charge on any atom is -0.378 e. The van der Waals surface area contributed by atoms with Crippen molar-refractivity contribution in [1.82, 2.24) is 5.32 Å². The summed E-state index contributed by atoms with van der Waals surface area (Å²) < 4.78 is 28.7. The molecule has 0 bridgehead atoms. The maximum absolute atomic E-state index is 12.7.